The van der Waals surface area contributed by atoms with Gasteiger partial charge in [-0.2, -0.15) is 5.10 Å². The maximum Gasteiger partial charge on any atom is 0.250 e. The van der Waals surface area contributed by atoms with Gasteiger partial charge in [0.1, 0.15) is 0 Å². The summed E-state index contributed by atoms with van der Waals surface area (Å²) in [6.07, 6.45) is 3.36. The minimum atomic E-state index is -0.521. The lowest BCUT2D eigenvalue weighted by molar-refractivity contribution is 0.1000. The van der Waals surface area contributed by atoms with Crippen LogP contribution in [0.2, 0.25) is 0 Å². The van der Waals surface area contributed by atoms with E-state index < -0.39 is 5.91 Å². The molecule has 0 aliphatic rings. The van der Waals surface area contributed by atoms with Crippen LogP contribution in [-0.2, 0) is 0 Å². The maximum atomic E-state index is 11.2. The van der Waals surface area contributed by atoms with Gasteiger partial charge in [-0.05, 0) is 24.3 Å². The molecule has 15 heavy (non-hydrogen) atoms. The van der Waals surface area contributed by atoms with Crippen molar-refractivity contribution in [2.75, 3.05) is 5.73 Å². The number of primary amides is 1. The number of rotatable bonds is 2. The van der Waals surface area contributed by atoms with E-state index >= 15 is 0 Å². The average Bonchev–Trinajstić information content (AvgIpc) is 2.70. The molecule has 2 rings (SSSR count). The molecular weight excluding hydrogens is 192 g/mol. The second-order valence-corrected chi connectivity index (χ2v) is 3.09. The number of anilines is 1. The highest BCUT2D eigenvalue weighted by Gasteiger charge is 2.09. The Morgan fingerprint density at radius 2 is 2.20 bits per heavy atom. The van der Waals surface area contributed by atoms with Gasteiger partial charge in [-0.3, -0.25) is 4.79 Å². The van der Waals surface area contributed by atoms with Gasteiger partial charge in [-0.1, -0.05) is 0 Å². The van der Waals surface area contributed by atoms with E-state index in [1.165, 1.54) is 0 Å². The number of carbonyl (C=O) groups is 1. The third kappa shape index (κ3) is 1.67. The number of hydrogen-bond donors (Lipinski definition) is 2. The summed E-state index contributed by atoms with van der Waals surface area (Å²) in [6.45, 7) is 0. The number of benzene rings is 1. The molecule has 1 aromatic carbocycles. The first-order valence-electron chi connectivity index (χ1n) is 4.38. The zero-order chi connectivity index (χ0) is 10.8. The SMILES string of the molecule is NC(=O)c1cc(N)ccc1-n1cccn1. The van der Waals surface area contributed by atoms with E-state index in [1.54, 1.807) is 41.3 Å². The number of nitrogen functional groups attached to an aromatic ring is 1. The van der Waals surface area contributed by atoms with Gasteiger partial charge in [0.25, 0.3) is 5.91 Å². The number of carbonyl (C=O) groups excluding carboxylic acids is 1. The maximum absolute atomic E-state index is 11.2. The van der Waals surface area contributed by atoms with E-state index in [1.807, 2.05) is 0 Å². The highest BCUT2D eigenvalue weighted by atomic mass is 16.1. The van der Waals surface area contributed by atoms with E-state index in [-0.39, 0.29) is 0 Å². The molecule has 0 bridgehead atoms. The Bertz CT molecular complexity index is 490. The zero-order valence-corrected chi connectivity index (χ0v) is 7.92. The number of nitrogens with two attached hydrogens (primary N) is 2. The van der Waals surface area contributed by atoms with Gasteiger partial charge in [0, 0.05) is 18.1 Å². The topological polar surface area (TPSA) is 86.9 Å². The van der Waals surface area contributed by atoms with Crippen LogP contribution < -0.4 is 11.5 Å². The van der Waals surface area contributed by atoms with Crippen LogP contribution in [0.5, 0.6) is 0 Å². The lowest BCUT2D eigenvalue weighted by Crippen LogP contribution is -2.15. The van der Waals surface area contributed by atoms with Crippen LogP contribution in [0, 0.1) is 0 Å². The Kier molecular flexibility index (Phi) is 2.13. The molecule has 76 valence electrons. The van der Waals surface area contributed by atoms with Crippen molar-refractivity contribution < 1.29 is 4.79 Å². The smallest absolute Gasteiger partial charge is 0.250 e. The molecule has 0 unspecified atom stereocenters. The Balaban J connectivity index is 2.61. The minimum absolute atomic E-state index is 0.360. The molecule has 0 aliphatic carbocycles. The van der Waals surface area contributed by atoms with Gasteiger partial charge in [0.2, 0.25) is 0 Å². The lowest BCUT2D eigenvalue weighted by atomic mass is 10.1. The molecular formula is C10H10N4O. The molecule has 0 fully saturated rings. The summed E-state index contributed by atoms with van der Waals surface area (Å²) in [7, 11) is 0. The predicted octanol–water partition coefficient (Wildman–Crippen LogP) is 0.553. The number of nitrogens with zero attached hydrogens (tertiary/aromatic N) is 2. The van der Waals surface area contributed by atoms with Crippen molar-refractivity contribution in [3.63, 3.8) is 0 Å². The molecule has 5 heteroatoms. The first-order valence-corrected chi connectivity index (χ1v) is 4.38. The van der Waals surface area contributed by atoms with Crippen molar-refractivity contribution in [1.29, 1.82) is 0 Å². The van der Waals surface area contributed by atoms with E-state index in [4.69, 9.17) is 11.5 Å². The molecule has 2 aromatic rings. The summed E-state index contributed by atoms with van der Waals surface area (Å²) in [6, 6.07) is 6.71. The third-order valence-corrected chi connectivity index (χ3v) is 2.04. The summed E-state index contributed by atoms with van der Waals surface area (Å²) >= 11 is 0. The standard InChI is InChI=1S/C10H10N4O/c11-7-2-3-9(8(6-7)10(12)15)14-5-1-4-13-14/h1-6H,11H2,(H2,12,15). The van der Waals surface area contributed by atoms with E-state index in [2.05, 4.69) is 5.10 Å². The fourth-order valence-electron chi connectivity index (χ4n) is 1.36. The quantitative estimate of drug-likeness (QED) is 0.697. The van der Waals surface area contributed by atoms with Crippen molar-refractivity contribution in [1.82, 2.24) is 9.78 Å². The number of hydrogen-bond acceptors (Lipinski definition) is 3. The Morgan fingerprint density at radius 1 is 1.40 bits per heavy atom. The summed E-state index contributed by atoms with van der Waals surface area (Å²) < 4.78 is 1.57. The van der Waals surface area contributed by atoms with E-state index in [0.29, 0.717) is 16.9 Å². The van der Waals surface area contributed by atoms with Gasteiger partial charge in [-0.25, -0.2) is 4.68 Å². The second kappa shape index (κ2) is 3.45. The Labute approximate surface area is 86.3 Å². The van der Waals surface area contributed by atoms with Crippen molar-refractivity contribution in [3.8, 4) is 5.69 Å². The molecule has 5 nitrogen and oxygen atoms in total. The molecule has 0 spiro atoms. The van der Waals surface area contributed by atoms with E-state index in [9.17, 15) is 4.79 Å². The Morgan fingerprint density at radius 3 is 2.80 bits per heavy atom. The molecule has 0 saturated carbocycles. The van der Waals surface area contributed by atoms with Crippen LogP contribution in [0.3, 0.4) is 0 Å². The first-order chi connectivity index (χ1) is 7.18. The van der Waals surface area contributed by atoms with Gasteiger partial charge in [0.15, 0.2) is 0 Å². The molecule has 1 heterocycles. The van der Waals surface area contributed by atoms with Crippen molar-refractivity contribution in [2.45, 2.75) is 0 Å². The van der Waals surface area contributed by atoms with Crippen molar-refractivity contribution in [2.24, 2.45) is 5.73 Å². The zero-order valence-electron chi connectivity index (χ0n) is 7.92. The van der Waals surface area contributed by atoms with Gasteiger partial charge < -0.3 is 11.5 Å². The fraction of sp³-hybridized carbons (Fsp3) is 0. The number of amides is 1. The largest absolute Gasteiger partial charge is 0.399 e. The summed E-state index contributed by atoms with van der Waals surface area (Å²) in [5.41, 5.74) is 12.3. The fourth-order valence-corrected chi connectivity index (χ4v) is 1.36. The van der Waals surface area contributed by atoms with Crippen LogP contribution >= 0.6 is 0 Å². The van der Waals surface area contributed by atoms with Crippen LogP contribution in [0.15, 0.2) is 36.7 Å². The molecule has 0 radical (unpaired) electrons. The Hall–Kier alpha value is -2.30. The van der Waals surface area contributed by atoms with Crippen LogP contribution in [0.1, 0.15) is 10.4 Å². The summed E-state index contributed by atoms with van der Waals surface area (Å²) in [5, 5.41) is 4.03. The molecule has 1 amide bonds. The van der Waals surface area contributed by atoms with Crippen LogP contribution in [0.25, 0.3) is 5.69 Å². The molecule has 0 saturated heterocycles. The van der Waals surface area contributed by atoms with Crippen molar-refractivity contribution >= 4 is 11.6 Å². The molecule has 1 aromatic heterocycles. The lowest BCUT2D eigenvalue weighted by Gasteiger charge is -2.07. The summed E-state index contributed by atoms with van der Waals surface area (Å²) in [5.74, 6) is -0.521. The van der Waals surface area contributed by atoms with Crippen LogP contribution in [-0.4, -0.2) is 15.7 Å². The average molecular weight is 202 g/mol. The van der Waals surface area contributed by atoms with Gasteiger partial charge in [0.05, 0.1) is 11.3 Å². The van der Waals surface area contributed by atoms with Crippen LogP contribution in [0.4, 0.5) is 5.69 Å². The normalized spacial score (nSPS) is 10.1. The highest BCUT2D eigenvalue weighted by molar-refractivity contribution is 5.97. The highest BCUT2D eigenvalue weighted by Crippen LogP contribution is 2.16. The summed E-state index contributed by atoms with van der Waals surface area (Å²) in [4.78, 5) is 11.2. The van der Waals surface area contributed by atoms with E-state index in [0.717, 1.165) is 0 Å². The molecule has 0 aliphatic heterocycles. The van der Waals surface area contributed by atoms with Gasteiger partial charge in [-0.15, -0.1) is 0 Å². The first kappa shape index (κ1) is 9.26. The second-order valence-electron chi connectivity index (χ2n) is 3.09. The molecule has 0 atom stereocenters. The molecule has 4 N–H and O–H groups in total. The number of aromatic nitrogens is 2. The van der Waals surface area contributed by atoms with Gasteiger partial charge >= 0.3 is 0 Å². The third-order valence-electron chi connectivity index (χ3n) is 2.04. The predicted molar refractivity (Wildman–Crippen MR) is 56.5 cm³/mol. The van der Waals surface area contributed by atoms with Crippen molar-refractivity contribution in [3.05, 3.63) is 42.2 Å². The monoisotopic (exact) mass is 202 g/mol. The minimum Gasteiger partial charge on any atom is -0.399 e.